The van der Waals surface area contributed by atoms with Gasteiger partial charge in [0.05, 0.1) is 25.2 Å². The number of amides is 1. The Morgan fingerprint density at radius 2 is 0.836 bits per heavy atom. The minimum atomic E-state index is -0.824. The molecular formula is C61H103NO5. The molecule has 67 heavy (non-hydrogen) atoms. The lowest BCUT2D eigenvalue weighted by Crippen LogP contribution is -2.46. The molecule has 0 aliphatic heterocycles. The van der Waals surface area contributed by atoms with Crippen molar-refractivity contribution in [2.75, 3.05) is 6.61 Å². The van der Waals surface area contributed by atoms with Gasteiger partial charge in [-0.2, -0.15) is 0 Å². The van der Waals surface area contributed by atoms with Crippen LogP contribution < -0.4 is 5.32 Å². The molecule has 3 unspecified atom stereocenters. The van der Waals surface area contributed by atoms with Crippen LogP contribution >= 0.6 is 0 Å². The molecule has 6 heteroatoms. The number of hydrogen-bond acceptors (Lipinski definition) is 5. The molecule has 1 amide bonds. The highest BCUT2D eigenvalue weighted by molar-refractivity contribution is 5.77. The van der Waals surface area contributed by atoms with E-state index < -0.39 is 18.2 Å². The zero-order chi connectivity index (χ0) is 48.8. The molecule has 382 valence electrons. The highest BCUT2D eigenvalue weighted by atomic mass is 16.5. The van der Waals surface area contributed by atoms with E-state index in [1.807, 2.05) is 12.2 Å². The molecule has 0 heterocycles. The second kappa shape index (κ2) is 53.5. The molecule has 6 nitrogen and oxygen atoms in total. The van der Waals surface area contributed by atoms with Gasteiger partial charge in [-0.05, 0) is 89.9 Å². The summed E-state index contributed by atoms with van der Waals surface area (Å²) in [5.74, 6) is -0.620. The lowest BCUT2D eigenvalue weighted by atomic mass is 10.0. The molecule has 0 spiro atoms. The summed E-state index contributed by atoms with van der Waals surface area (Å²) in [5.41, 5.74) is 0. The zero-order valence-corrected chi connectivity index (χ0v) is 43.5. The fraction of sp³-hybridized carbons (Fsp3) is 0.672. The van der Waals surface area contributed by atoms with Gasteiger partial charge in [0.15, 0.2) is 0 Å². The molecule has 0 fully saturated rings. The van der Waals surface area contributed by atoms with Gasteiger partial charge >= 0.3 is 5.97 Å². The standard InChI is InChI=1S/C61H103NO5/c1-4-7-10-13-16-19-22-25-28-29-30-31-33-36-39-42-45-48-51-54-61(66)67-57(52-49-46-43-40-37-34-32-26-23-20-17-14-11-8-5-2)55-60(65)62-58(56-63)59(64)53-50-47-44-41-38-35-27-24-21-18-15-12-9-6-3/h7,10,16-17,19-20,25-26,28,30-32,36-37,39-40,46,49,57-59,63-64H,4-6,8-9,11-15,18,21-24,27,29,33-35,38,41-45,47-48,50-56H2,1-3H3,(H,62,65)/b10-7-,19-16-,20-17-,28-25-,31-30-,32-26-,39-36-,40-37-,49-46-. The molecule has 3 atom stereocenters. The fourth-order valence-electron chi connectivity index (χ4n) is 7.67. The molecule has 0 rings (SSSR count). The minimum absolute atomic E-state index is 0.0179. The van der Waals surface area contributed by atoms with Crippen LogP contribution in [0.2, 0.25) is 0 Å². The molecule has 0 aromatic heterocycles. The van der Waals surface area contributed by atoms with E-state index in [1.54, 1.807) is 0 Å². The largest absolute Gasteiger partial charge is 0.461 e. The van der Waals surface area contributed by atoms with Crippen molar-refractivity contribution in [2.45, 2.75) is 257 Å². The van der Waals surface area contributed by atoms with Crippen LogP contribution in [-0.2, 0) is 14.3 Å². The summed E-state index contributed by atoms with van der Waals surface area (Å²) in [6.07, 6.45) is 73.0. The Morgan fingerprint density at radius 3 is 1.28 bits per heavy atom. The Bertz CT molecular complexity index is 1370. The predicted octanol–water partition coefficient (Wildman–Crippen LogP) is 17.1. The lowest BCUT2D eigenvalue weighted by Gasteiger charge is -2.24. The Hall–Kier alpha value is -3.48. The van der Waals surface area contributed by atoms with E-state index in [9.17, 15) is 19.8 Å². The highest BCUT2D eigenvalue weighted by Crippen LogP contribution is 2.16. The third-order valence-electron chi connectivity index (χ3n) is 11.8. The fourth-order valence-corrected chi connectivity index (χ4v) is 7.67. The van der Waals surface area contributed by atoms with Crippen molar-refractivity contribution in [2.24, 2.45) is 0 Å². The molecule has 3 N–H and O–H groups in total. The summed E-state index contributed by atoms with van der Waals surface area (Å²) < 4.78 is 5.87. The van der Waals surface area contributed by atoms with E-state index >= 15 is 0 Å². The molecule has 0 aliphatic carbocycles. The first kappa shape index (κ1) is 63.5. The number of hydrogen-bond donors (Lipinski definition) is 3. The third-order valence-corrected chi connectivity index (χ3v) is 11.8. The van der Waals surface area contributed by atoms with Gasteiger partial charge in [-0.1, -0.05) is 239 Å². The van der Waals surface area contributed by atoms with Crippen molar-refractivity contribution in [3.8, 4) is 0 Å². The summed E-state index contributed by atoms with van der Waals surface area (Å²) in [6, 6.07) is -0.745. The number of aliphatic hydroxyl groups excluding tert-OH is 2. The van der Waals surface area contributed by atoms with E-state index in [2.05, 4.69) is 123 Å². The molecule has 0 saturated carbocycles. The van der Waals surface area contributed by atoms with Crippen LogP contribution in [0.1, 0.15) is 239 Å². The van der Waals surface area contributed by atoms with Gasteiger partial charge in [0.25, 0.3) is 0 Å². The minimum Gasteiger partial charge on any atom is -0.461 e. The van der Waals surface area contributed by atoms with Gasteiger partial charge in [0, 0.05) is 12.8 Å². The summed E-state index contributed by atoms with van der Waals surface area (Å²) in [6.45, 7) is 6.31. The number of esters is 1. The van der Waals surface area contributed by atoms with Crippen LogP contribution in [0.4, 0.5) is 0 Å². The number of unbranched alkanes of at least 4 members (excludes halogenated alkanes) is 19. The number of carbonyl (C=O) groups excluding carboxylic acids is 2. The average Bonchev–Trinajstić information content (AvgIpc) is 3.32. The Balaban J connectivity index is 4.76. The van der Waals surface area contributed by atoms with Crippen LogP contribution in [0.3, 0.4) is 0 Å². The topological polar surface area (TPSA) is 95.9 Å². The highest BCUT2D eigenvalue weighted by Gasteiger charge is 2.23. The van der Waals surface area contributed by atoms with Crippen molar-refractivity contribution in [3.63, 3.8) is 0 Å². The maximum Gasteiger partial charge on any atom is 0.306 e. The average molecular weight is 930 g/mol. The Morgan fingerprint density at radius 1 is 0.463 bits per heavy atom. The van der Waals surface area contributed by atoms with Gasteiger partial charge < -0.3 is 20.3 Å². The number of rotatable bonds is 48. The molecular weight excluding hydrogens is 827 g/mol. The number of aliphatic hydroxyl groups is 2. The predicted molar refractivity (Wildman–Crippen MR) is 291 cm³/mol. The molecule has 0 aliphatic rings. The molecule has 0 saturated heterocycles. The zero-order valence-electron chi connectivity index (χ0n) is 43.5. The first-order chi connectivity index (χ1) is 33.0. The number of allylic oxidation sites excluding steroid dienone is 17. The van der Waals surface area contributed by atoms with Crippen molar-refractivity contribution in [1.82, 2.24) is 5.32 Å². The van der Waals surface area contributed by atoms with Gasteiger partial charge in [0.2, 0.25) is 5.91 Å². The first-order valence-electron chi connectivity index (χ1n) is 27.6. The van der Waals surface area contributed by atoms with E-state index in [0.717, 1.165) is 103 Å². The first-order valence-corrected chi connectivity index (χ1v) is 27.6. The van der Waals surface area contributed by atoms with Crippen LogP contribution in [0.25, 0.3) is 0 Å². The third kappa shape index (κ3) is 48.8. The van der Waals surface area contributed by atoms with Gasteiger partial charge in [0.1, 0.15) is 6.10 Å². The lowest BCUT2D eigenvalue weighted by molar-refractivity contribution is -0.150. The van der Waals surface area contributed by atoms with E-state index in [0.29, 0.717) is 19.3 Å². The smallest absolute Gasteiger partial charge is 0.306 e. The van der Waals surface area contributed by atoms with Crippen molar-refractivity contribution < 1.29 is 24.5 Å². The van der Waals surface area contributed by atoms with Gasteiger partial charge in [-0.25, -0.2) is 0 Å². The van der Waals surface area contributed by atoms with Crippen LogP contribution in [0.15, 0.2) is 109 Å². The maximum atomic E-state index is 13.2. The second-order valence-corrected chi connectivity index (χ2v) is 18.3. The van der Waals surface area contributed by atoms with Gasteiger partial charge in [-0.15, -0.1) is 0 Å². The normalized spacial score (nSPS) is 14.0. The maximum absolute atomic E-state index is 13.2. The van der Waals surface area contributed by atoms with Crippen molar-refractivity contribution >= 4 is 11.9 Å². The number of ether oxygens (including phenoxy) is 1. The van der Waals surface area contributed by atoms with Crippen molar-refractivity contribution in [3.05, 3.63) is 109 Å². The SMILES string of the molecule is CC/C=C\C/C=C\C/C=C\C/C=C\C/C=C\CCCCCC(=O)OC(C/C=C\C/C=C\C/C=C\C/C=C\CCCCC)CC(=O)NC(CO)C(O)CCCCCCCCCCCCCCCC. The Labute approximate surface area is 413 Å². The molecule has 0 aromatic carbocycles. The monoisotopic (exact) mass is 930 g/mol. The molecule has 0 bridgehead atoms. The summed E-state index contributed by atoms with van der Waals surface area (Å²) >= 11 is 0. The van der Waals surface area contributed by atoms with E-state index in [1.165, 1.54) is 89.9 Å². The van der Waals surface area contributed by atoms with E-state index in [-0.39, 0.29) is 24.9 Å². The van der Waals surface area contributed by atoms with Crippen LogP contribution in [0.5, 0.6) is 0 Å². The van der Waals surface area contributed by atoms with E-state index in [4.69, 9.17) is 4.74 Å². The van der Waals surface area contributed by atoms with Crippen molar-refractivity contribution in [1.29, 1.82) is 0 Å². The summed E-state index contributed by atoms with van der Waals surface area (Å²) in [7, 11) is 0. The number of nitrogens with one attached hydrogen (secondary N) is 1. The van der Waals surface area contributed by atoms with Crippen LogP contribution in [-0.4, -0.2) is 46.9 Å². The quantitative estimate of drug-likeness (QED) is 0.0321. The number of carbonyl (C=O) groups is 2. The molecule has 0 aromatic rings. The summed E-state index contributed by atoms with van der Waals surface area (Å²) in [5, 5.41) is 23.8. The van der Waals surface area contributed by atoms with Crippen LogP contribution in [0, 0.1) is 0 Å². The Kier molecular flexibility index (Phi) is 50.7. The summed E-state index contributed by atoms with van der Waals surface area (Å²) in [4.78, 5) is 26.2. The molecule has 0 radical (unpaired) electrons. The van der Waals surface area contributed by atoms with Gasteiger partial charge in [-0.3, -0.25) is 9.59 Å². The second-order valence-electron chi connectivity index (χ2n) is 18.3.